The van der Waals surface area contributed by atoms with Crippen molar-refractivity contribution in [2.45, 2.75) is 31.7 Å². The summed E-state index contributed by atoms with van der Waals surface area (Å²) in [6, 6.07) is 6.00. The molecule has 0 radical (unpaired) electrons. The number of nitrogens with one attached hydrogen (secondary N) is 1. The first-order chi connectivity index (χ1) is 10.8. The molecule has 1 saturated heterocycles. The van der Waals surface area contributed by atoms with Crippen LogP contribution < -0.4 is 14.8 Å². The Labute approximate surface area is 129 Å². The highest BCUT2D eigenvalue weighted by Crippen LogP contribution is 2.28. The van der Waals surface area contributed by atoms with Gasteiger partial charge in [-0.25, -0.2) is 0 Å². The molecule has 22 heavy (non-hydrogen) atoms. The molecule has 1 N–H and O–H groups in total. The lowest BCUT2D eigenvalue weighted by atomic mass is 10.1. The molecular formula is C16H21N3O3. The highest BCUT2D eigenvalue weighted by atomic mass is 16.5. The summed E-state index contributed by atoms with van der Waals surface area (Å²) in [5.74, 6) is 2.80. The molecule has 118 valence electrons. The Hall–Kier alpha value is -2.08. The number of ether oxygens (including phenoxy) is 2. The SMILES string of the molecule is COc1ccc(Cc2noc([C@@H]3CCCCN3)n2)cc1OC. The topological polar surface area (TPSA) is 69.4 Å². The van der Waals surface area contributed by atoms with Gasteiger partial charge < -0.3 is 19.3 Å². The third-order valence-electron chi connectivity index (χ3n) is 3.90. The molecule has 1 atom stereocenters. The van der Waals surface area contributed by atoms with Gasteiger partial charge in [0.05, 0.1) is 20.3 Å². The minimum atomic E-state index is 0.195. The van der Waals surface area contributed by atoms with Gasteiger partial charge in [-0.05, 0) is 37.1 Å². The smallest absolute Gasteiger partial charge is 0.243 e. The van der Waals surface area contributed by atoms with E-state index in [4.69, 9.17) is 14.0 Å². The standard InChI is InChI=1S/C16H21N3O3/c1-20-13-7-6-11(9-14(13)21-2)10-15-18-16(22-19-15)12-5-3-4-8-17-12/h6-7,9,12,17H,3-5,8,10H2,1-2H3/t12-/m0/s1. The Morgan fingerprint density at radius 1 is 1.23 bits per heavy atom. The molecule has 2 heterocycles. The van der Waals surface area contributed by atoms with Crippen LogP contribution in [0.3, 0.4) is 0 Å². The van der Waals surface area contributed by atoms with Crippen molar-refractivity contribution >= 4 is 0 Å². The summed E-state index contributed by atoms with van der Waals surface area (Å²) in [5.41, 5.74) is 1.06. The number of nitrogens with zero attached hydrogens (tertiary/aromatic N) is 2. The Morgan fingerprint density at radius 2 is 2.09 bits per heavy atom. The lowest BCUT2D eigenvalue weighted by Gasteiger charge is -2.19. The van der Waals surface area contributed by atoms with Gasteiger partial charge >= 0.3 is 0 Å². The fraction of sp³-hybridized carbons (Fsp3) is 0.500. The fourth-order valence-electron chi connectivity index (χ4n) is 2.72. The van der Waals surface area contributed by atoms with E-state index < -0.39 is 0 Å². The highest BCUT2D eigenvalue weighted by Gasteiger charge is 2.21. The van der Waals surface area contributed by atoms with E-state index in [1.165, 1.54) is 12.8 Å². The molecule has 3 rings (SSSR count). The van der Waals surface area contributed by atoms with Gasteiger partial charge in [0.2, 0.25) is 5.89 Å². The van der Waals surface area contributed by atoms with Crippen LogP contribution in [-0.4, -0.2) is 30.9 Å². The van der Waals surface area contributed by atoms with Crippen molar-refractivity contribution in [3.8, 4) is 11.5 Å². The second kappa shape index (κ2) is 6.79. The zero-order valence-electron chi connectivity index (χ0n) is 13.0. The molecule has 6 heteroatoms. The van der Waals surface area contributed by atoms with Crippen LogP contribution >= 0.6 is 0 Å². The first kappa shape index (κ1) is 14.8. The number of rotatable bonds is 5. The monoisotopic (exact) mass is 303 g/mol. The zero-order valence-corrected chi connectivity index (χ0v) is 13.0. The largest absolute Gasteiger partial charge is 0.493 e. The van der Waals surface area contributed by atoms with Gasteiger partial charge in [0.1, 0.15) is 0 Å². The van der Waals surface area contributed by atoms with Crippen molar-refractivity contribution in [2.75, 3.05) is 20.8 Å². The summed E-state index contributed by atoms with van der Waals surface area (Å²) in [4.78, 5) is 4.51. The molecule has 2 aromatic rings. The van der Waals surface area contributed by atoms with E-state index in [0.717, 1.165) is 18.5 Å². The summed E-state index contributed by atoms with van der Waals surface area (Å²) in [7, 11) is 3.25. The van der Waals surface area contributed by atoms with E-state index in [2.05, 4.69) is 15.5 Å². The number of benzene rings is 1. The molecule has 1 aliphatic rings. The zero-order chi connectivity index (χ0) is 15.4. The molecule has 0 aliphatic carbocycles. The van der Waals surface area contributed by atoms with Crippen LogP contribution in [0.5, 0.6) is 11.5 Å². The van der Waals surface area contributed by atoms with Crippen LogP contribution in [0.15, 0.2) is 22.7 Å². The average molecular weight is 303 g/mol. The molecule has 0 saturated carbocycles. The van der Waals surface area contributed by atoms with Gasteiger partial charge in [0.15, 0.2) is 17.3 Å². The van der Waals surface area contributed by atoms with Crippen molar-refractivity contribution in [3.63, 3.8) is 0 Å². The number of hydrogen-bond acceptors (Lipinski definition) is 6. The Bertz CT molecular complexity index is 621. The maximum atomic E-state index is 5.40. The van der Waals surface area contributed by atoms with Crippen molar-refractivity contribution in [1.82, 2.24) is 15.5 Å². The number of methoxy groups -OCH3 is 2. The van der Waals surface area contributed by atoms with E-state index in [-0.39, 0.29) is 6.04 Å². The summed E-state index contributed by atoms with van der Waals surface area (Å²) < 4.78 is 16.0. The molecule has 1 aromatic carbocycles. The van der Waals surface area contributed by atoms with Crippen LogP contribution in [0, 0.1) is 0 Å². The Kier molecular flexibility index (Phi) is 4.58. The van der Waals surface area contributed by atoms with Gasteiger partial charge in [-0.3, -0.25) is 0 Å². The summed E-state index contributed by atoms with van der Waals surface area (Å²) in [6.45, 7) is 1.01. The molecule has 1 aromatic heterocycles. The average Bonchev–Trinajstić information content (AvgIpc) is 3.04. The van der Waals surface area contributed by atoms with E-state index in [1.807, 2.05) is 18.2 Å². The second-order valence-electron chi connectivity index (χ2n) is 5.42. The van der Waals surface area contributed by atoms with Crippen LogP contribution in [0.4, 0.5) is 0 Å². The van der Waals surface area contributed by atoms with Crippen molar-refractivity contribution in [3.05, 3.63) is 35.5 Å². The maximum Gasteiger partial charge on any atom is 0.243 e. The quantitative estimate of drug-likeness (QED) is 0.915. The first-order valence-corrected chi connectivity index (χ1v) is 7.57. The normalized spacial score (nSPS) is 18.2. The summed E-state index contributed by atoms with van der Waals surface area (Å²) in [6.07, 6.45) is 4.07. The fourth-order valence-corrected chi connectivity index (χ4v) is 2.72. The third kappa shape index (κ3) is 3.22. The predicted octanol–water partition coefficient (Wildman–Crippen LogP) is 2.49. The van der Waals surface area contributed by atoms with Gasteiger partial charge in [0, 0.05) is 6.42 Å². The molecule has 0 amide bonds. The van der Waals surface area contributed by atoms with Crippen LogP contribution in [0.25, 0.3) is 0 Å². The van der Waals surface area contributed by atoms with Crippen LogP contribution in [-0.2, 0) is 6.42 Å². The molecular weight excluding hydrogens is 282 g/mol. The van der Waals surface area contributed by atoms with E-state index in [1.54, 1.807) is 14.2 Å². The highest BCUT2D eigenvalue weighted by molar-refractivity contribution is 5.43. The van der Waals surface area contributed by atoms with Crippen molar-refractivity contribution in [2.24, 2.45) is 0 Å². The van der Waals surface area contributed by atoms with Gasteiger partial charge in [-0.1, -0.05) is 17.6 Å². The van der Waals surface area contributed by atoms with Crippen molar-refractivity contribution < 1.29 is 14.0 Å². The third-order valence-corrected chi connectivity index (χ3v) is 3.90. The van der Waals surface area contributed by atoms with E-state index >= 15 is 0 Å². The Balaban J connectivity index is 1.72. The number of aromatic nitrogens is 2. The molecule has 0 unspecified atom stereocenters. The van der Waals surface area contributed by atoms with E-state index in [9.17, 15) is 0 Å². The molecule has 0 spiro atoms. The van der Waals surface area contributed by atoms with Crippen LogP contribution in [0.2, 0.25) is 0 Å². The molecule has 6 nitrogen and oxygen atoms in total. The predicted molar refractivity (Wildman–Crippen MR) is 81.2 cm³/mol. The molecule has 1 fully saturated rings. The first-order valence-electron chi connectivity index (χ1n) is 7.57. The van der Waals surface area contributed by atoms with E-state index in [0.29, 0.717) is 29.6 Å². The van der Waals surface area contributed by atoms with Gasteiger partial charge in [-0.2, -0.15) is 4.98 Å². The maximum absolute atomic E-state index is 5.40. The number of piperidine rings is 1. The van der Waals surface area contributed by atoms with Crippen molar-refractivity contribution in [1.29, 1.82) is 0 Å². The Morgan fingerprint density at radius 3 is 2.82 bits per heavy atom. The summed E-state index contributed by atoms with van der Waals surface area (Å²) in [5, 5.41) is 7.50. The lowest BCUT2D eigenvalue weighted by Crippen LogP contribution is -2.27. The van der Waals surface area contributed by atoms with Gasteiger partial charge in [0.25, 0.3) is 0 Å². The summed E-state index contributed by atoms with van der Waals surface area (Å²) >= 11 is 0. The molecule has 1 aliphatic heterocycles. The van der Waals surface area contributed by atoms with Crippen LogP contribution in [0.1, 0.15) is 42.6 Å². The number of hydrogen-bond donors (Lipinski definition) is 1. The minimum absolute atomic E-state index is 0.195. The lowest BCUT2D eigenvalue weighted by molar-refractivity contribution is 0.296. The molecule has 0 bridgehead atoms. The van der Waals surface area contributed by atoms with Gasteiger partial charge in [-0.15, -0.1) is 0 Å². The minimum Gasteiger partial charge on any atom is -0.493 e. The second-order valence-corrected chi connectivity index (χ2v) is 5.42.